The Labute approximate surface area is 128 Å². The maximum Gasteiger partial charge on any atom is 0.241 e. The maximum absolute atomic E-state index is 12.2. The third-order valence-corrected chi connectivity index (χ3v) is 4.76. The molecule has 1 aromatic rings. The molecule has 0 spiro atoms. The van der Waals surface area contributed by atoms with Crippen molar-refractivity contribution in [1.82, 2.24) is 4.90 Å². The number of nitrogens with one attached hydrogen (secondary N) is 1. The molecule has 1 saturated carbocycles. The first kappa shape index (κ1) is 14.6. The standard InChI is InChI=1S/C15H21IN2O/c1-18(12-7-3-2-4-8-12)15(19)11-17-14-10-6-5-9-13(14)16/h5-6,9-10,12,17H,2-4,7-8,11H2,1H3. The Hall–Kier alpha value is -0.780. The van der Waals surface area contributed by atoms with E-state index < -0.39 is 0 Å². The number of hydrogen-bond donors (Lipinski definition) is 1. The van der Waals surface area contributed by atoms with Gasteiger partial charge in [0.15, 0.2) is 0 Å². The van der Waals surface area contributed by atoms with Crippen LogP contribution in [0.2, 0.25) is 0 Å². The van der Waals surface area contributed by atoms with E-state index in [-0.39, 0.29) is 5.91 Å². The lowest BCUT2D eigenvalue weighted by Crippen LogP contribution is -2.41. The lowest BCUT2D eigenvalue weighted by atomic mass is 9.94. The third-order valence-electron chi connectivity index (χ3n) is 3.82. The van der Waals surface area contributed by atoms with E-state index in [4.69, 9.17) is 0 Å². The highest BCUT2D eigenvalue weighted by Crippen LogP contribution is 2.22. The minimum absolute atomic E-state index is 0.187. The van der Waals surface area contributed by atoms with Crippen LogP contribution >= 0.6 is 22.6 Å². The number of carbonyl (C=O) groups is 1. The van der Waals surface area contributed by atoms with Gasteiger partial charge in [0.1, 0.15) is 0 Å². The second-order valence-electron chi connectivity index (χ2n) is 5.13. The first-order valence-electron chi connectivity index (χ1n) is 6.92. The number of para-hydroxylation sites is 1. The molecule has 1 aliphatic rings. The summed E-state index contributed by atoms with van der Waals surface area (Å²) in [7, 11) is 1.94. The molecule has 0 heterocycles. The van der Waals surface area contributed by atoms with Crippen LogP contribution in [0.5, 0.6) is 0 Å². The Morgan fingerprint density at radius 3 is 2.68 bits per heavy atom. The zero-order valence-corrected chi connectivity index (χ0v) is 13.5. The van der Waals surface area contributed by atoms with Gasteiger partial charge in [-0.1, -0.05) is 31.4 Å². The van der Waals surface area contributed by atoms with Gasteiger partial charge in [-0.2, -0.15) is 0 Å². The molecular weight excluding hydrogens is 351 g/mol. The SMILES string of the molecule is CN(C(=O)CNc1ccccc1I)C1CCCCC1. The Morgan fingerprint density at radius 1 is 1.32 bits per heavy atom. The van der Waals surface area contributed by atoms with Gasteiger partial charge >= 0.3 is 0 Å². The summed E-state index contributed by atoms with van der Waals surface area (Å²) >= 11 is 2.28. The van der Waals surface area contributed by atoms with E-state index in [0.717, 1.165) is 22.1 Å². The average Bonchev–Trinajstić information content (AvgIpc) is 2.46. The molecule has 1 aliphatic carbocycles. The zero-order chi connectivity index (χ0) is 13.7. The molecule has 0 radical (unpaired) electrons. The quantitative estimate of drug-likeness (QED) is 0.821. The smallest absolute Gasteiger partial charge is 0.241 e. The molecule has 3 nitrogen and oxygen atoms in total. The summed E-state index contributed by atoms with van der Waals surface area (Å²) in [6.45, 7) is 0.382. The lowest BCUT2D eigenvalue weighted by Gasteiger charge is -2.31. The largest absolute Gasteiger partial charge is 0.375 e. The molecule has 0 saturated heterocycles. The van der Waals surface area contributed by atoms with Crippen LogP contribution in [0.3, 0.4) is 0 Å². The minimum Gasteiger partial charge on any atom is -0.375 e. The maximum atomic E-state index is 12.2. The van der Waals surface area contributed by atoms with Crippen molar-refractivity contribution in [3.63, 3.8) is 0 Å². The number of hydrogen-bond acceptors (Lipinski definition) is 2. The topological polar surface area (TPSA) is 32.3 Å². The van der Waals surface area contributed by atoms with E-state index in [0.29, 0.717) is 12.6 Å². The molecule has 104 valence electrons. The number of rotatable bonds is 4. The summed E-state index contributed by atoms with van der Waals surface area (Å²) in [5, 5.41) is 3.23. The fourth-order valence-corrected chi connectivity index (χ4v) is 3.15. The van der Waals surface area contributed by atoms with Crippen LogP contribution in [-0.2, 0) is 4.79 Å². The van der Waals surface area contributed by atoms with Crippen molar-refractivity contribution < 1.29 is 4.79 Å². The van der Waals surface area contributed by atoms with Gasteiger partial charge in [-0.15, -0.1) is 0 Å². The summed E-state index contributed by atoms with van der Waals surface area (Å²) in [5.41, 5.74) is 1.04. The molecular formula is C15H21IN2O. The minimum atomic E-state index is 0.187. The van der Waals surface area contributed by atoms with Crippen LogP contribution in [0.25, 0.3) is 0 Å². The van der Waals surface area contributed by atoms with Gasteiger partial charge in [-0.05, 0) is 47.6 Å². The highest BCUT2D eigenvalue weighted by Gasteiger charge is 2.21. The number of likely N-dealkylation sites (N-methyl/N-ethyl adjacent to an activating group) is 1. The molecule has 0 unspecified atom stereocenters. The fourth-order valence-electron chi connectivity index (χ4n) is 2.57. The second-order valence-corrected chi connectivity index (χ2v) is 6.29. The molecule has 1 aromatic carbocycles. The van der Waals surface area contributed by atoms with E-state index in [1.165, 1.54) is 19.3 Å². The van der Waals surface area contributed by atoms with Crippen molar-refractivity contribution in [3.05, 3.63) is 27.8 Å². The molecule has 2 rings (SSSR count). The number of amides is 1. The molecule has 0 aliphatic heterocycles. The van der Waals surface area contributed by atoms with Gasteiger partial charge < -0.3 is 10.2 Å². The van der Waals surface area contributed by atoms with Gasteiger partial charge in [0.25, 0.3) is 0 Å². The molecule has 1 fully saturated rings. The van der Waals surface area contributed by atoms with Gasteiger partial charge in [-0.3, -0.25) is 4.79 Å². The van der Waals surface area contributed by atoms with Crippen molar-refractivity contribution in [1.29, 1.82) is 0 Å². The molecule has 0 bridgehead atoms. The number of halogens is 1. The number of nitrogens with zero attached hydrogens (tertiary/aromatic N) is 1. The van der Waals surface area contributed by atoms with Crippen LogP contribution in [0.1, 0.15) is 32.1 Å². The summed E-state index contributed by atoms with van der Waals surface area (Å²) in [4.78, 5) is 14.1. The predicted molar refractivity (Wildman–Crippen MR) is 87.3 cm³/mol. The first-order chi connectivity index (χ1) is 9.18. The second kappa shape index (κ2) is 7.12. The summed E-state index contributed by atoms with van der Waals surface area (Å²) in [6.07, 6.45) is 6.15. The molecule has 0 aromatic heterocycles. The van der Waals surface area contributed by atoms with Crippen LogP contribution in [-0.4, -0.2) is 30.4 Å². The van der Waals surface area contributed by atoms with E-state index >= 15 is 0 Å². The summed E-state index contributed by atoms with van der Waals surface area (Å²) in [5.74, 6) is 0.187. The normalized spacial score (nSPS) is 16.1. The van der Waals surface area contributed by atoms with Crippen molar-refractivity contribution >= 4 is 34.2 Å². The Morgan fingerprint density at radius 2 is 2.00 bits per heavy atom. The van der Waals surface area contributed by atoms with Crippen molar-refractivity contribution in [2.24, 2.45) is 0 Å². The Balaban J connectivity index is 1.85. The average molecular weight is 372 g/mol. The monoisotopic (exact) mass is 372 g/mol. The van der Waals surface area contributed by atoms with E-state index in [1.54, 1.807) is 0 Å². The number of anilines is 1. The Bertz CT molecular complexity index is 430. The fraction of sp³-hybridized carbons (Fsp3) is 0.533. The molecule has 0 atom stereocenters. The lowest BCUT2D eigenvalue weighted by molar-refractivity contribution is -0.130. The van der Waals surface area contributed by atoms with E-state index in [2.05, 4.69) is 27.9 Å². The zero-order valence-electron chi connectivity index (χ0n) is 11.4. The van der Waals surface area contributed by atoms with Gasteiger partial charge in [0.05, 0.1) is 6.54 Å². The Kier molecular flexibility index (Phi) is 5.48. The number of benzene rings is 1. The number of carbonyl (C=O) groups excluding carboxylic acids is 1. The molecule has 4 heteroatoms. The van der Waals surface area contributed by atoms with Crippen LogP contribution in [0, 0.1) is 3.57 Å². The van der Waals surface area contributed by atoms with E-state index in [1.807, 2.05) is 36.2 Å². The molecule has 1 N–H and O–H groups in total. The van der Waals surface area contributed by atoms with Gasteiger partial charge in [0.2, 0.25) is 5.91 Å². The van der Waals surface area contributed by atoms with Gasteiger partial charge in [0, 0.05) is 22.3 Å². The van der Waals surface area contributed by atoms with Crippen LogP contribution < -0.4 is 5.32 Å². The van der Waals surface area contributed by atoms with Gasteiger partial charge in [-0.25, -0.2) is 0 Å². The highest BCUT2D eigenvalue weighted by molar-refractivity contribution is 14.1. The van der Waals surface area contributed by atoms with Crippen molar-refractivity contribution in [2.75, 3.05) is 18.9 Å². The highest BCUT2D eigenvalue weighted by atomic mass is 127. The van der Waals surface area contributed by atoms with Crippen molar-refractivity contribution in [2.45, 2.75) is 38.1 Å². The van der Waals surface area contributed by atoms with Crippen LogP contribution in [0.4, 0.5) is 5.69 Å². The molecule has 19 heavy (non-hydrogen) atoms. The van der Waals surface area contributed by atoms with E-state index in [9.17, 15) is 4.79 Å². The first-order valence-corrected chi connectivity index (χ1v) is 8.00. The van der Waals surface area contributed by atoms with Crippen molar-refractivity contribution in [3.8, 4) is 0 Å². The third kappa shape index (κ3) is 4.09. The molecule has 1 amide bonds. The summed E-state index contributed by atoms with van der Waals surface area (Å²) < 4.78 is 1.15. The summed E-state index contributed by atoms with van der Waals surface area (Å²) in [6, 6.07) is 8.48. The van der Waals surface area contributed by atoms with Crippen LogP contribution in [0.15, 0.2) is 24.3 Å². The predicted octanol–water partition coefficient (Wildman–Crippen LogP) is 3.49.